The minimum absolute atomic E-state index is 0.254. The van der Waals surface area contributed by atoms with Gasteiger partial charge in [0.15, 0.2) is 5.13 Å². The van der Waals surface area contributed by atoms with Crippen LogP contribution in [0.4, 0.5) is 9.52 Å². The van der Waals surface area contributed by atoms with Crippen molar-refractivity contribution >= 4 is 16.5 Å². The quantitative estimate of drug-likeness (QED) is 0.814. The van der Waals surface area contributed by atoms with Gasteiger partial charge in [0, 0.05) is 6.20 Å². The maximum atomic E-state index is 13.6. The van der Waals surface area contributed by atoms with Crippen molar-refractivity contribution in [3.05, 3.63) is 46.2 Å². The zero-order valence-electron chi connectivity index (χ0n) is 8.98. The van der Waals surface area contributed by atoms with Crippen molar-refractivity contribution in [2.75, 3.05) is 5.73 Å². The zero-order chi connectivity index (χ0) is 12.0. The highest BCUT2D eigenvalue weighted by molar-refractivity contribution is 7.15. The van der Waals surface area contributed by atoms with Crippen LogP contribution in [0.5, 0.6) is 0 Å². The van der Waals surface area contributed by atoms with Gasteiger partial charge in [0.25, 0.3) is 0 Å². The number of halogens is 1. The van der Waals surface area contributed by atoms with Crippen LogP contribution < -0.4 is 5.73 Å². The first-order chi connectivity index (χ1) is 8.11. The minimum Gasteiger partial charge on any atom is -0.379 e. The van der Waals surface area contributed by atoms with E-state index in [0.29, 0.717) is 34.0 Å². The molecule has 88 valence electrons. The Balaban J connectivity index is 2.17. The highest BCUT2D eigenvalue weighted by atomic mass is 32.1. The van der Waals surface area contributed by atoms with Gasteiger partial charge in [-0.15, -0.1) is 0 Å². The number of nitrogen functional groups attached to an aromatic ring is 1. The fourth-order valence-corrected chi connectivity index (χ4v) is 3.19. The molecule has 0 saturated heterocycles. The van der Waals surface area contributed by atoms with Crippen molar-refractivity contribution in [1.29, 1.82) is 0 Å². The third-order valence-corrected chi connectivity index (χ3v) is 4.21. The highest BCUT2D eigenvalue weighted by Gasteiger charge is 2.40. The second-order valence-corrected chi connectivity index (χ2v) is 5.25. The van der Waals surface area contributed by atoms with Crippen molar-refractivity contribution < 1.29 is 9.50 Å². The molecule has 5 heteroatoms. The molecular weight excluding hydrogens is 239 g/mol. The predicted molar refractivity (Wildman–Crippen MR) is 64.2 cm³/mol. The summed E-state index contributed by atoms with van der Waals surface area (Å²) in [6.45, 7) is 0. The summed E-state index contributed by atoms with van der Waals surface area (Å²) in [5.74, 6) is -0.254. The van der Waals surface area contributed by atoms with Gasteiger partial charge in [0.05, 0.1) is 4.88 Å². The van der Waals surface area contributed by atoms with Gasteiger partial charge >= 0.3 is 0 Å². The number of hydrogen-bond donors (Lipinski definition) is 2. The molecule has 1 atom stereocenters. The molecule has 0 aliphatic heterocycles. The molecule has 0 fully saturated rings. The molecule has 0 bridgehead atoms. The molecule has 1 aliphatic rings. The summed E-state index contributed by atoms with van der Waals surface area (Å²) in [5, 5.41) is 11.1. The number of thiazole rings is 1. The van der Waals surface area contributed by atoms with Gasteiger partial charge in [-0.2, -0.15) is 0 Å². The monoisotopic (exact) mass is 250 g/mol. The minimum atomic E-state index is -1.13. The van der Waals surface area contributed by atoms with Crippen molar-refractivity contribution in [3.63, 3.8) is 0 Å². The molecule has 1 unspecified atom stereocenters. The van der Waals surface area contributed by atoms with E-state index in [9.17, 15) is 9.50 Å². The van der Waals surface area contributed by atoms with Crippen LogP contribution in [0.3, 0.4) is 0 Å². The summed E-state index contributed by atoms with van der Waals surface area (Å²) >= 11 is 1.25. The molecule has 17 heavy (non-hydrogen) atoms. The molecule has 1 aromatic carbocycles. The molecule has 3 rings (SSSR count). The van der Waals surface area contributed by atoms with Crippen LogP contribution in [0.15, 0.2) is 24.4 Å². The van der Waals surface area contributed by atoms with Gasteiger partial charge in [-0.05, 0) is 30.0 Å². The van der Waals surface area contributed by atoms with Crippen LogP contribution in [0.25, 0.3) is 0 Å². The molecule has 1 heterocycles. The summed E-state index contributed by atoms with van der Waals surface area (Å²) in [5.41, 5.74) is 5.68. The molecule has 0 saturated carbocycles. The Labute approximate surface area is 102 Å². The van der Waals surface area contributed by atoms with Gasteiger partial charge in [-0.25, -0.2) is 9.37 Å². The SMILES string of the molecule is Nc1ncc(C2(O)CCc3c(F)cccc32)s1. The van der Waals surface area contributed by atoms with E-state index in [2.05, 4.69) is 4.98 Å². The fourth-order valence-electron chi connectivity index (χ4n) is 2.38. The Hall–Kier alpha value is -1.46. The van der Waals surface area contributed by atoms with Crippen molar-refractivity contribution in [1.82, 2.24) is 4.98 Å². The summed E-state index contributed by atoms with van der Waals surface area (Å²) in [7, 11) is 0. The summed E-state index contributed by atoms with van der Waals surface area (Å²) < 4.78 is 13.6. The Morgan fingerprint density at radius 2 is 2.29 bits per heavy atom. The number of nitrogens with zero attached hydrogens (tertiary/aromatic N) is 1. The van der Waals surface area contributed by atoms with Crippen molar-refractivity contribution in [3.8, 4) is 0 Å². The standard InChI is InChI=1S/C12H11FN2OS/c13-9-3-1-2-8-7(9)4-5-12(8,16)10-6-15-11(14)17-10/h1-3,6,16H,4-5H2,(H2,14,15). The number of fused-ring (bicyclic) bond motifs is 1. The van der Waals surface area contributed by atoms with Gasteiger partial charge < -0.3 is 10.8 Å². The Morgan fingerprint density at radius 1 is 1.47 bits per heavy atom. The molecule has 1 aliphatic carbocycles. The van der Waals surface area contributed by atoms with Gasteiger partial charge in [0.2, 0.25) is 0 Å². The lowest BCUT2D eigenvalue weighted by atomic mass is 9.95. The van der Waals surface area contributed by atoms with Crippen molar-refractivity contribution in [2.45, 2.75) is 18.4 Å². The van der Waals surface area contributed by atoms with Crippen LogP contribution in [-0.4, -0.2) is 10.1 Å². The number of benzene rings is 1. The van der Waals surface area contributed by atoms with Crippen LogP contribution in [0.1, 0.15) is 22.4 Å². The molecule has 1 aromatic heterocycles. The average molecular weight is 250 g/mol. The lowest BCUT2D eigenvalue weighted by molar-refractivity contribution is 0.0866. The molecule has 2 aromatic rings. The summed E-state index contributed by atoms with van der Waals surface area (Å²) in [6.07, 6.45) is 2.58. The van der Waals surface area contributed by atoms with Crippen LogP contribution in [0, 0.1) is 5.82 Å². The van der Waals surface area contributed by atoms with E-state index >= 15 is 0 Å². The largest absolute Gasteiger partial charge is 0.379 e. The molecule has 3 nitrogen and oxygen atoms in total. The fraction of sp³-hybridized carbons (Fsp3) is 0.250. The van der Waals surface area contributed by atoms with Crippen LogP contribution >= 0.6 is 11.3 Å². The number of hydrogen-bond acceptors (Lipinski definition) is 4. The average Bonchev–Trinajstić information content (AvgIpc) is 2.86. The number of aliphatic hydroxyl groups is 1. The number of aromatic nitrogens is 1. The van der Waals surface area contributed by atoms with Crippen LogP contribution in [0.2, 0.25) is 0 Å². The third kappa shape index (κ3) is 1.46. The van der Waals surface area contributed by atoms with Gasteiger partial charge in [0.1, 0.15) is 11.4 Å². The van der Waals surface area contributed by atoms with E-state index in [1.54, 1.807) is 18.3 Å². The highest BCUT2D eigenvalue weighted by Crippen LogP contribution is 2.44. The normalized spacial score (nSPS) is 22.7. The Morgan fingerprint density at radius 3 is 3.00 bits per heavy atom. The van der Waals surface area contributed by atoms with Crippen LogP contribution in [-0.2, 0) is 12.0 Å². The van der Waals surface area contributed by atoms with E-state index in [-0.39, 0.29) is 5.82 Å². The first-order valence-electron chi connectivity index (χ1n) is 5.33. The van der Waals surface area contributed by atoms with Gasteiger partial charge in [-0.3, -0.25) is 0 Å². The number of anilines is 1. The maximum Gasteiger partial charge on any atom is 0.180 e. The lowest BCUT2D eigenvalue weighted by Gasteiger charge is -2.21. The van der Waals surface area contributed by atoms with E-state index in [4.69, 9.17) is 5.73 Å². The number of nitrogens with two attached hydrogens (primary N) is 1. The predicted octanol–water partition coefficient (Wildman–Crippen LogP) is 2.05. The zero-order valence-corrected chi connectivity index (χ0v) is 9.80. The topological polar surface area (TPSA) is 59.1 Å². The first-order valence-corrected chi connectivity index (χ1v) is 6.15. The summed E-state index contributed by atoms with van der Waals surface area (Å²) in [4.78, 5) is 4.62. The van der Waals surface area contributed by atoms with Crippen molar-refractivity contribution in [2.24, 2.45) is 0 Å². The van der Waals surface area contributed by atoms with E-state index < -0.39 is 5.60 Å². The second kappa shape index (κ2) is 3.51. The van der Waals surface area contributed by atoms with E-state index in [1.165, 1.54) is 17.4 Å². The molecule has 0 spiro atoms. The third-order valence-electron chi connectivity index (χ3n) is 3.23. The Kier molecular flexibility index (Phi) is 2.21. The second-order valence-electron chi connectivity index (χ2n) is 4.19. The smallest absolute Gasteiger partial charge is 0.180 e. The molecular formula is C12H11FN2OS. The van der Waals surface area contributed by atoms with Gasteiger partial charge in [-0.1, -0.05) is 23.5 Å². The Bertz CT molecular complexity index is 584. The first kappa shape index (κ1) is 10.7. The van der Waals surface area contributed by atoms with E-state index in [0.717, 1.165) is 0 Å². The molecule has 3 N–H and O–H groups in total. The molecule has 0 radical (unpaired) electrons. The number of rotatable bonds is 1. The summed E-state index contributed by atoms with van der Waals surface area (Å²) in [6, 6.07) is 4.81. The lowest BCUT2D eigenvalue weighted by Crippen LogP contribution is -2.22. The molecule has 0 amide bonds. The maximum absolute atomic E-state index is 13.6. The van der Waals surface area contributed by atoms with E-state index in [1.807, 2.05) is 0 Å².